The van der Waals surface area contributed by atoms with E-state index in [0.29, 0.717) is 13.2 Å². The predicted octanol–water partition coefficient (Wildman–Crippen LogP) is 2.18. The number of hydrogen-bond donors (Lipinski definition) is 1. The van der Waals surface area contributed by atoms with Crippen LogP contribution in [0.2, 0.25) is 0 Å². The van der Waals surface area contributed by atoms with Gasteiger partial charge in [0.1, 0.15) is 12.4 Å². The lowest BCUT2D eigenvalue weighted by atomic mass is 10.1. The van der Waals surface area contributed by atoms with Gasteiger partial charge in [-0.2, -0.15) is 13.2 Å². The van der Waals surface area contributed by atoms with Crippen molar-refractivity contribution in [1.29, 1.82) is 0 Å². The summed E-state index contributed by atoms with van der Waals surface area (Å²) >= 11 is 0. The maximum atomic E-state index is 12.7. The summed E-state index contributed by atoms with van der Waals surface area (Å²) in [6.45, 7) is 0.788. The molecule has 0 aromatic heterocycles. The van der Waals surface area contributed by atoms with Gasteiger partial charge in [0.15, 0.2) is 12.0 Å². The fourth-order valence-electron chi connectivity index (χ4n) is 1.71. The summed E-state index contributed by atoms with van der Waals surface area (Å²) in [5.41, 5.74) is -1.76. The van der Waals surface area contributed by atoms with Gasteiger partial charge >= 0.3 is 6.18 Å². The second kappa shape index (κ2) is 6.10. The molecule has 0 aliphatic carbocycles. The van der Waals surface area contributed by atoms with Crippen molar-refractivity contribution in [1.82, 2.24) is 0 Å². The number of nitrogens with zero attached hydrogens (tertiary/aromatic N) is 1. The Morgan fingerprint density at radius 3 is 2.55 bits per heavy atom. The highest BCUT2D eigenvalue weighted by Crippen LogP contribution is 2.28. The smallest absolute Gasteiger partial charge is 0.437 e. The fraction of sp³-hybridized carbons (Fsp3) is 0.417. The Bertz CT molecular complexity index is 484. The second-order valence-corrected chi connectivity index (χ2v) is 3.92. The minimum Gasteiger partial charge on any atom is -0.488 e. The van der Waals surface area contributed by atoms with Crippen molar-refractivity contribution in [2.45, 2.75) is 12.5 Å². The topological polar surface area (TPSA) is 60.3 Å². The summed E-state index contributed by atoms with van der Waals surface area (Å²) in [5.74, 6) is -0.0586. The Morgan fingerprint density at radius 1 is 1.30 bits per heavy atom. The molecule has 0 bridgehead atoms. The number of halogens is 3. The molecule has 110 valence electrons. The van der Waals surface area contributed by atoms with Gasteiger partial charge in [-0.1, -0.05) is 17.3 Å². The maximum Gasteiger partial charge on any atom is 0.437 e. The lowest BCUT2D eigenvalue weighted by molar-refractivity contribution is -0.0689. The van der Waals surface area contributed by atoms with Crippen LogP contribution in [0.3, 0.4) is 0 Å². The summed E-state index contributed by atoms with van der Waals surface area (Å²) in [7, 11) is 0. The lowest BCUT2D eigenvalue weighted by Gasteiger charge is -2.15. The van der Waals surface area contributed by atoms with Crippen LogP contribution in [0.15, 0.2) is 29.4 Å². The predicted molar refractivity (Wildman–Crippen MR) is 62.0 cm³/mol. The lowest BCUT2D eigenvalue weighted by Crippen LogP contribution is -2.25. The van der Waals surface area contributed by atoms with Crippen molar-refractivity contribution in [2.75, 3.05) is 19.8 Å². The number of para-hydroxylation sites is 1. The molecule has 1 fully saturated rings. The van der Waals surface area contributed by atoms with Crippen LogP contribution < -0.4 is 4.74 Å². The molecule has 1 aliphatic rings. The second-order valence-electron chi connectivity index (χ2n) is 3.92. The van der Waals surface area contributed by atoms with Crippen molar-refractivity contribution in [2.24, 2.45) is 5.16 Å². The van der Waals surface area contributed by atoms with Crippen molar-refractivity contribution < 1.29 is 32.6 Å². The Hall–Kier alpha value is -1.80. The van der Waals surface area contributed by atoms with Gasteiger partial charge in [0.05, 0.1) is 18.8 Å². The van der Waals surface area contributed by atoms with Gasteiger partial charge in [-0.15, -0.1) is 0 Å². The molecule has 1 aromatic carbocycles. The quantitative estimate of drug-likeness (QED) is 0.525. The number of ether oxygens (including phenoxy) is 3. The van der Waals surface area contributed by atoms with E-state index in [9.17, 15) is 13.2 Å². The SMILES string of the molecule is ON=C(c1ccccc1OCC1OCCO1)C(F)(F)F. The molecule has 1 N–H and O–H groups in total. The normalized spacial score (nSPS) is 17.4. The number of benzene rings is 1. The Kier molecular flexibility index (Phi) is 4.46. The van der Waals surface area contributed by atoms with E-state index in [4.69, 9.17) is 19.4 Å². The Morgan fingerprint density at radius 2 is 1.95 bits per heavy atom. The van der Waals surface area contributed by atoms with E-state index < -0.39 is 18.2 Å². The molecular formula is C12H12F3NO4. The standard InChI is InChI=1S/C12H12F3NO4/c13-12(14,15)11(16-17)8-3-1-2-4-9(8)20-7-10-18-5-6-19-10/h1-4,10,17H,5-7H2. The van der Waals surface area contributed by atoms with E-state index >= 15 is 0 Å². The van der Waals surface area contributed by atoms with E-state index in [1.54, 1.807) is 0 Å². The average Bonchev–Trinajstić information content (AvgIpc) is 2.90. The molecule has 2 rings (SSSR count). The fourth-order valence-corrected chi connectivity index (χ4v) is 1.71. The van der Waals surface area contributed by atoms with Crippen LogP contribution in [0.5, 0.6) is 5.75 Å². The number of rotatable bonds is 4. The molecule has 0 saturated carbocycles. The summed E-state index contributed by atoms with van der Waals surface area (Å²) in [5, 5.41) is 10.9. The summed E-state index contributed by atoms with van der Waals surface area (Å²) in [6.07, 6.45) is -5.39. The summed E-state index contributed by atoms with van der Waals surface area (Å²) < 4.78 is 53.7. The molecule has 0 amide bonds. The molecule has 0 spiro atoms. The average molecular weight is 291 g/mol. The molecule has 1 saturated heterocycles. The van der Waals surface area contributed by atoms with Gasteiger partial charge in [0.25, 0.3) is 0 Å². The molecular weight excluding hydrogens is 279 g/mol. The molecule has 20 heavy (non-hydrogen) atoms. The first-order chi connectivity index (χ1) is 9.52. The summed E-state index contributed by atoms with van der Waals surface area (Å²) in [4.78, 5) is 0. The van der Waals surface area contributed by atoms with E-state index in [1.165, 1.54) is 18.2 Å². The zero-order chi connectivity index (χ0) is 14.6. The van der Waals surface area contributed by atoms with Crippen LogP contribution in [0.4, 0.5) is 13.2 Å². The van der Waals surface area contributed by atoms with Crippen molar-refractivity contribution >= 4 is 5.71 Å². The van der Waals surface area contributed by atoms with Crippen LogP contribution in [-0.2, 0) is 9.47 Å². The maximum absolute atomic E-state index is 12.7. The highest BCUT2D eigenvalue weighted by atomic mass is 19.4. The van der Waals surface area contributed by atoms with Gasteiger partial charge in [0.2, 0.25) is 0 Å². The molecule has 0 atom stereocenters. The molecule has 0 unspecified atom stereocenters. The molecule has 1 aromatic rings. The molecule has 5 nitrogen and oxygen atoms in total. The monoisotopic (exact) mass is 291 g/mol. The van der Waals surface area contributed by atoms with E-state index in [2.05, 4.69) is 5.16 Å². The first kappa shape index (κ1) is 14.6. The van der Waals surface area contributed by atoms with Crippen LogP contribution >= 0.6 is 0 Å². The summed E-state index contributed by atoms with van der Waals surface area (Å²) in [6, 6.07) is 5.41. The Labute approximate surface area is 112 Å². The van der Waals surface area contributed by atoms with Crippen molar-refractivity contribution in [3.8, 4) is 5.75 Å². The van der Waals surface area contributed by atoms with Crippen molar-refractivity contribution in [3.05, 3.63) is 29.8 Å². The number of hydrogen-bond acceptors (Lipinski definition) is 5. The highest BCUT2D eigenvalue weighted by molar-refractivity contribution is 6.06. The van der Waals surface area contributed by atoms with Crippen LogP contribution in [0.25, 0.3) is 0 Å². The van der Waals surface area contributed by atoms with Crippen LogP contribution in [0.1, 0.15) is 5.56 Å². The molecule has 1 aliphatic heterocycles. The minimum absolute atomic E-state index is 0.0480. The third-order valence-corrected chi connectivity index (χ3v) is 2.58. The Balaban J connectivity index is 2.17. The highest BCUT2D eigenvalue weighted by Gasteiger charge is 2.39. The zero-order valence-corrected chi connectivity index (χ0v) is 10.3. The van der Waals surface area contributed by atoms with E-state index in [1.807, 2.05) is 0 Å². The van der Waals surface area contributed by atoms with Gasteiger partial charge in [-0.25, -0.2) is 0 Å². The largest absolute Gasteiger partial charge is 0.488 e. The molecule has 1 heterocycles. The van der Waals surface area contributed by atoms with Gasteiger partial charge < -0.3 is 19.4 Å². The van der Waals surface area contributed by atoms with Gasteiger partial charge in [0, 0.05) is 0 Å². The third kappa shape index (κ3) is 3.40. The van der Waals surface area contributed by atoms with Crippen molar-refractivity contribution in [3.63, 3.8) is 0 Å². The zero-order valence-electron chi connectivity index (χ0n) is 10.3. The van der Waals surface area contributed by atoms with Gasteiger partial charge in [-0.3, -0.25) is 0 Å². The van der Waals surface area contributed by atoms with E-state index in [0.717, 1.165) is 6.07 Å². The minimum atomic E-state index is -4.78. The molecule has 8 heteroatoms. The van der Waals surface area contributed by atoms with Crippen LogP contribution in [-0.4, -0.2) is 43.2 Å². The van der Waals surface area contributed by atoms with E-state index in [-0.39, 0.29) is 17.9 Å². The van der Waals surface area contributed by atoms with Crippen LogP contribution in [0, 0.1) is 0 Å². The number of alkyl halides is 3. The molecule has 0 radical (unpaired) electrons. The first-order valence-electron chi connectivity index (χ1n) is 5.77. The van der Waals surface area contributed by atoms with Gasteiger partial charge in [-0.05, 0) is 12.1 Å². The number of oxime groups is 1. The first-order valence-corrected chi connectivity index (χ1v) is 5.77. The third-order valence-electron chi connectivity index (χ3n) is 2.58.